The lowest BCUT2D eigenvalue weighted by atomic mass is 10.2. The van der Waals surface area contributed by atoms with E-state index in [1.54, 1.807) is 5.01 Å². The summed E-state index contributed by atoms with van der Waals surface area (Å²) in [5.74, 6) is 6.13. The van der Waals surface area contributed by atoms with Gasteiger partial charge in [0.05, 0.1) is 11.4 Å². The smallest absolute Gasteiger partial charge is 0.0576 e. The van der Waals surface area contributed by atoms with Crippen molar-refractivity contribution in [2.75, 3.05) is 10.3 Å². The monoisotopic (exact) mass is 275 g/mol. The Morgan fingerprint density at radius 1 is 0.571 bits per heavy atom. The zero-order valence-electron chi connectivity index (χ0n) is 11.6. The second-order valence-corrected chi connectivity index (χ2v) is 4.74. The Balaban J connectivity index is 1.75. The fourth-order valence-corrected chi connectivity index (χ4v) is 2.13. The van der Waals surface area contributed by atoms with Crippen LogP contribution in [0.2, 0.25) is 0 Å². The molecule has 3 aromatic carbocycles. The molecular formula is C18H17N3. The summed E-state index contributed by atoms with van der Waals surface area (Å²) < 4.78 is 0. The number of hydrazine groups is 1. The van der Waals surface area contributed by atoms with Crippen molar-refractivity contribution in [2.45, 2.75) is 0 Å². The summed E-state index contributed by atoms with van der Waals surface area (Å²) in [4.78, 5) is 0. The van der Waals surface area contributed by atoms with Gasteiger partial charge >= 0.3 is 0 Å². The van der Waals surface area contributed by atoms with Crippen LogP contribution in [0.5, 0.6) is 0 Å². The second kappa shape index (κ2) is 6.11. The number of nitrogens with one attached hydrogen (secondary N) is 1. The van der Waals surface area contributed by atoms with Crippen LogP contribution in [-0.4, -0.2) is 0 Å². The van der Waals surface area contributed by atoms with E-state index in [4.69, 9.17) is 5.84 Å². The zero-order chi connectivity index (χ0) is 14.5. The van der Waals surface area contributed by atoms with Crippen LogP contribution in [0.25, 0.3) is 0 Å². The molecule has 0 aliphatic rings. The average molecular weight is 275 g/mol. The van der Waals surface area contributed by atoms with Gasteiger partial charge in [0.2, 0.25) is 0 Å². The normalized spacial score (nSPS) is 10.1. The molecule has 0 amide bonds. The van der Waals surface area contributed by atoms with Crippen molar-refractivity contribution in [3.05, 3.63) is 84.9 Å². The van der Waals surface area contributed by atoms with E-state index in [9.17, 15) is 0 Å². The van der Waals surface area contributed by atoms with Crippen LogP contribution in [0.4, 0.5) is 22.7 Å². The number of nitrogens with two attached hydrogens (primary N) is 1. The van der Waals surface area contributed by atoms with E-state index >= 15 is 0 Å². The Bertz CT molecular complexity index is 679. The summed E-state index contributed by atoms with van der Waals surface area (Å²) in [5, 5.41) is 5.02. The Hall–Kier alpha value is -2.78. The van der Waals surface area contributed by atoms with Gasteiger partial charge in [0.25, 0.3) is 0 Å². The van der Waals surface area contributed by atoms with Crippen LogP contribution >= 0.6 is 0 Å². The van der Waals surface area contributed by atoms with Crippen LogP contribution < -0.4 is 16.2 Å². The van der Waals surface area contributed by atoms with E-state index < -0.39 is 0 Å². The van der Waals surface area contributed by atoms with E-state index in [-0.39, 0.29) is 0 Å². The average Bonchev–Trinajstić information content (AvgIpc) is 2.57. The van der Waals surface area contributed by atoms with E-state index in [1.165, 1.54) is 0 Å². The van der Waals surface area contributed by atoms with Crippen molar-refractivity contribution >= 4 is 22.7 Å². The molecule has 0 unspecified atom stereocenters. The van der Waals surface area contributed by atoms with Gasteiger partial charge in [-0.1, -0.05) is 36.4 Å². The number of nitrogens with zero attached hydrogens (tertiary/aromatic N) is 1. The minimum absolute atomic E-state index is 0.944. The van der Waals surface area contributed by atoms with E-state index in [0.29, 0.717) is 0 Å². The predicted molar refractivity (Wildman–Crippen MR) is 88.9 cm³/mol. The van der Waals surface area contributed by atoms with Gasteiger partial charge in [-0.05, 0) is 48.5 Å². The third-order valence-corrected chi connectivity index (χ3v) is 3.24. The minimum Gasteiger partial charge on any atom is -0.356 e. The molecule has 0 bridgehead atoms. The van der Waals surface area contributed by atoms with Crippen molar-refractivity contribution in [2.24, 2.45) is 5.84 Å². The first kappa shape index (κ1) is 13.2. The third-order valence-electron chi connectivity index (χ3n) is 3.24. The molecule has 104 valence electrons. The molecule has 0 saturated carbocycles. The number of anilines is 4. The van der Waals surface area contributed by atoms with Gasteiger partial charge in [-0.25, -0.2) is 5.84 Å². The standard InChI is InChI=1S/C18H17N3/c19-21(17-9-5-2-6-10-17)18-13-11-16(12-14-18)20-15-7-3-1-4-8-15/h1-14,20H,19H2. The summed E-state index contributed by atoms with van der Waals surface area (Å²) in [6, 6.07) is 28.0. The molecule has 3 rings (SSSR count). The molecule has 3 N–H and O–H groups in total. The predicted octanol–water partition coefficient (Wildman–Crippen LogP) is 4.44. The molecule has 21 heavy (non-hydrogen) atoms. The number of hydrogen-bond acceptors (Lipinski definition) is 3. The number of rotatable bonds is 4. The highest BCUT2D eigenvalue weighted by atomic mass is 15.4. The number of para-hydroxylation sites is 2. The lowest BCUT2D eigenvalue weighted by Crippen LogP contribution is -2.24. The first-order valence-electron chi connectivity index (χ1n) is 6.85. The van der Waals surface area contributed by atoms with E-state index in [1.807, 2.05) is 84.9 Å². The van der Waals surface area contributed by atoms with Crippen molar-refractivity contribution in [1.82, 2.24) is 0 Å². The fraction of sp³-hybridized carbons (Fsp3) is 0. The highest BCUT2D eigenvalue weighted by molar-refractivity contribution is 5.66. The van der Waals surface area contributed by atoms with Gasteiger partial charge < -0.3 is 5.32 Å². The van der Waals surface area contributed by atoms with Crippen molar-refractivity contribution in [1.29, 1.82) is 0 Å². The summed E-state index contributed by atoms with van der Waals surface area (Å²) in [5.41, 5.74) is 4.01. The molecule has 0 aliphatic carbocycles. The summed E-state index contributed by atoms with van der Waals surface area (Å²) in [6.45, 7) is 0. The van der Waals surface area contributed by atoms with Crippen LogP contribution in [-0.2, 0) is 0 Å². The Morgan fingerprint density at radius 3 is 1.67 bits per heavy atom. The van der Waals surface area contributed by atoms with Gasteiger partial charge in [-0.15, -0.1) is 0 Å². The molecule has 0 radical (unpaired) electrons. The molecule has 3 heteroatoms. The molecule has 3 aromatic rings. The zero-order valence-corrected chi connectivity index (χ0v) is 11.6. The van der Waals surface area contributed by atoms with E-state index in [0.717, 1.165) is 22.7 Å². The second-order valence-electron chi connectivity index (χ2n) is 4.74. The van der Waals surface area contributed by atoms with Crippen molar-refractivity contribution in [3.8, 4) is 0 Å². The van der Waals surface area contributed by atoms with E-state index in [2.05, 4.69) is 5.32 Å². The molecule has 0 fully saturated rings. The largest absolute Gasteiger partial charge is 0.356 e. The maximum atomic E-state index is 6.13. The Labute approximate surface area is 124 Å². The van der Waals surface area contributed by atoms with Crippen molar-refractivity contribution in [3.63, 3.8) is 0 Å². The quantitative estimate of drug-likeness (QED) is 0.546. The third kappa shape index (κ3) is 3.22. The molecule has 0 aromatic heterocycles. The Kier molecular flexibility index (Phi) is 3.85. The molecule has 3 nitrogen and oxygen atoms in total. The molecule has 0 heterocycles. The van der Waals surface area contributed by atoms with Crippen LogP contribution in [0.1, 0.15) is 0 Å². The first-order chi connectivity index (χ1) is 10.3. The topological polar surface area (TPSA) is 41.3 Å². The first-order valence-corrected chi connectivity index (χ1v) is 6.85. The lowest BCUT2D eigenvalue weighted by molar-refractivity contribution is 1.09. The van der Waals surface area contributed by atoms with Gasteiger partial charge in [0, 0.05) is 11.4 Å². The minimum atomic E-state index is 0.944. The maximum absolute atomic E-state index is 6.13. The van der Waals surface area contributed by atoms with Crippen LogP contribution in [0, 0.1) is 0 Å². The van der Waals surface area contributed by atoms with Gasteiger partial charge in [-0.3, -0.25) is 5.01 Å². The number of benzene rings is 3. The van der Waals surface area contributed by atoms with Gasteiger partial charge in [0.15, 0.2) is 0 Å². The summed E-state index contributed by atoms with van der Waals surface area (Å²) >= 11 is 0. The molecule has 0 atom stereocenters. The molecule has 0 spiro atoms. The van der Waals surface area contributed by atoms with Gasteiger partial charge in [0.1, 0.15) is 0 Å². The summed E-state index contributed by atoms with van der Waals surface area (Å²) in [6.07, 6.45) is 0. The van der Waals surface area contributed by atoms with Crippen LogP contribution in [0.3, 0.4) is 0 Å². The fourth-order valence-electron chi connectivity index (χ4n) is 2.13. The molecular weight excluding hydrogens is 258 g/mol. The number of hydrogen-bond donors (Lipinski definition) is 2. The Morgan fingerprint density at radius 2 is 1.05 bits per heavy atom. The maximum Gasteiger partial charge on any atom is 0.0576 e. The summed E-state index contributed by atoms with van der Waals surface area (Å²) in [7, 11) is 0. The molecule has 0 aliphatic heterocycles. The highest BCUT2D eigenvalue weighted by Crippen LogP contribution is 2.24. The lowest BCUT2D eigenvalue weighted by Gasteiger charge is -2.19. The molecule has 0 saturated heterocycles. The SMILES string of the molecule is NN(c1ccccc1)c1ccc(Nc2ccccc2)cc1. The highest BCUT2D eigenvalue weighted by Gasteiger charge is 2.03. The van der Waals surface area contributed by atoms with Crippen LogP contribution in [0.15, 0.2) is 84.9 Å². The van der Waals surface area contributed by atoms with Gasteiger partial charge in [-0.2, -0.15) is 0 Å². The van der Waals surface area contributed by atoms with Crippen molar-refractivity contribution < 1.29 is 0 Å².